The quantitative estimate of drug-likeness (QED) is 0.380. The molecule has 1 heteroatoms. The van der Waals surface area contributed by atoms with Crippen LogP contribution in [0.3, 0.4) is 0 Å². The molecule has 29 heavy (non-hydrogen) atoms. The largest absolute Gasteiger partial charge is 0.355 e. The number of rotatable bonds is 1. The van der Waals surface area contributed by atoms with Gasteiger partial charge in [-0.15, -0.1) is 0 Å². The van der Waals surface area contributed by atoms with Gasteiger partial charge in [-0.25, -0.2) is 0 Å². The molecule has 8 rings (SSSR count). The van der Waals surface area contributed by atoms with Crippen LogP contribution in [0.15, 0.2) is 91.0 Å². The molecule has 0 saturated carbocycles. The molecule has 0 fully saturated rings. The Bertz CT molecular complexity index is 1290. The lowest BCUT2D eigenvalue weighted by Gasteiger charge is -2.53. The van der Waals surface area contributed by atoms with E-state index in [1.807, 2.05) is 0 Å². The predicted molar refractivity (Wildman–Crippen MR) is 119 cm³/mol. The van der Waals surface area contributed by atoms with Crippen molar-refractivity contribution in [2.24, 2.45) is 0 Å². The van der Waals surface area contributed by atoms with Crippen LogP contribution in [0.5, 0.6) is 0 Å². The lowest BCUT2D eigenvalue weighted by atomic mass is 9.51. The first-order valence-corrected chi connectivity index (χ1v) is 10.6. The molecule has 0 saturated heterocycles. The monoisotopic (exact) mass is 371 g/mol. The van der Waals surface area contributed by atoms with E-state index in [2.05, 4.69) is 96.3 Å². The molecule has 1 nitrogen and oxygen atoms in total. The number of benzene rings is 4. The Labute approximate surface area is 171 Å². The minimum atomic E-state index is -0.0390. The molecule has 2 bridgehead atoms. The van der Waals surface area contributed by atoms with Crippen molar-refractivity contribution < 1.29 is 0 Å². The molecular formula is C28H21N. The first-order valence-electron chi connectivity index (χ1n) is 10.6. The number of hydrogen-bond donors (Lipinski definition) is 1. The van der Waals surface area contributed by atoms with Gasteiger partial charge < -0.3 is 5.32 Å². The lowest BCUT2D eigenvalue weighted by molar-refractivity contribution is 0.427. The van der Waals surface area contributed by atoms with Crippen LogP contribution < -0.4 is 5.32 Å². The minimum absolute atomic E-state index is 0.0390. The van der Waals surface area contributed by atoms with Crippen molar-refractivity contribution >= 4 is 11.4 Å². The van der Waals surface area contributed by atoms with E-state index in [1.54, 1.807) is 0 Å². The minimum Gasteiger partial charge on any atom is -0.355 e. The van der Waals surface area contributed by atoms with Gasteiger partial charge in [0.25, 0.3) is 0 Å². The maximum Gasteiger partial charge on any atom is 0.0498 e. The Balaban J connectivity index is 1.58. The summed E-state index contributed by atoms with van der Waals surface area (Å²) in [5.41, 5.74) is 12.6. The van der Waals surface area contributed by atoms with E-state index in [0.717, 1.165) is 0 Å². The fourth-order valence-corrected chi connectivity index (χ4v) is 6.24. The first-order chi connectivity index (χ1) is 14.4. The van der Waals surface area contributed by atoms with E-state index in [4.69, 9.17) is 0 Å². The van der Waals surface area contributed by atoms with Crippen molar-refractivity contribution in [3.05, 3.63) is 119 Å². The highest BCUT2D eigenvalue weighted by Gasteiger charge is 2.52. The Morgan fingerprint density at radius 1 is 0.655 bits per heavy atom. The Kier molecular flexibility index (Phi) is 2.90. The van der Waals surface area contributed by atoms with Crippen molar-refractivity contribution in [3.8, 4) is 11.1 Å². The molecule has 1 N–H and O–H groups in total. The average molecular weight is 371 g/mol. The molecule has 2 unspecified atom stereocenters. The lowest BCUT2D eigenvalue weighted by Crippen LogP contribution is -2.43. The topological polar surface area (TPSA) is 12.0 Å². The van der Waals surface area contributed by atoms with Crippen LogP contribution in [0, 0.1) is 0 Å². The van der Waals surface area contributed by atoms with Gasteiger partial charge in [-0.2, -0.15) is 0 Å². The summed E-state index contributed by atoms with van der Waals surface area (Å²) in [6, 6.07) is 33.8. The Morgan fingerprint density at radius 2 is 1.48 bits per heavy atom. The number of hydrogen-bond acceptors (Lipinski definition) is 1. The maximum absolute atomic E-state index is 3.77. The second kappa shape index (κ2) is 5.39. The van der Waals surface area contributed by atoms with Crippen LogP contribution in [0.1, 0.15) is 46.6 Å². The summed E-state index contributed by atoms with van der Waals surface area (Å²) in [5.74, 6) is 0.531. The van der Waals surface area contributed by atoms with E-state index in [0.29, 0.717) is 5.92 Å². The summed E-state index contributed by atoms with van der Waals surface area (Å²) in [4.78, 5) is 0. The number of fused-ring (bicyclic) bond motifs is 2. The zero-order chi connectivity index (χ0) is 19.0. The summed E-state index contributed by atoms with van der Waals surface area (Å²) in [5, 5.41) is 3.77. The summed E-state index contributed by atoms with van der Waals surface area (Å²) in [6.45, 7) is 0. The van der Waals surface area contributed by atoms with Crippen LogP contribution in [-0.4, -0.2) is 0 Å². The van der Waals surface area contributed by atoms with Gasteiger partial charge in [0, 0.05) is 22.7 Å². The molecule has 0 aromatic heterocycles. The van der Waals surface area contributed by atoms with Crippen molar-refractivity contribution in [1.29, 1.82) is 0 Å². The van der Waals surface area contributed by atoms with E-state index in [9.17, 15) is 0 Å². The fourth-order valence-electron chi connectivity index (χ4n) is 6.24. The normalized spacial score (nSPS) is 22.3. The van der Waals surface area contributed by atoms with E-state index in [-0.39, 0.29) is 5.41 Å². The molecule has 0 radical (unpaired) electrons. The molecule has 2 atom stereocenters. The van der Waals surface area contributed by atoms with Crippen LogP contribution >= 0.6 is 0 Å². The second-order valence-electron chi connectivity index (χ2n) is 8.61. The smallest absolute Gasteiger partial charge is 0.0498 e. The molecule has 4 aliphatic rings. The molecule has 4 aromatic rings. The average Bonchev–Trinajstić information content (AvgIpc) is 2.80. The first kappa shape index (κ1) is 15.6. The van der Waals surface area contributed by atoms with Gasteiger partial charge in [0.15, 0.2) is 0 Å². The van der Waals surface area contributed by atoms with E-state index < -0.39 is 0 Å². The fraction of sp³-hybridized carbons (Fsp3) is 0.143. The van der Waals surface area contributed by atoms with Gasteiger partial charge in [0.1, 0.15) is 0 Å². The van der Waals surface area contributed by atoms with Gasteiger partial charge >= 0.3 is 0 Å². The van der Waals surface area contributed by atoms with Crippen LogP contribution in [-0.2, 0) is 5.41 Å². The summed E-state index contributed by atoms with van der Waals surface area (Å²) in [6.07, 6.45) is 2.41. The maximum atomic E-state index is 3.77. The summed E-state index contributed by atoms with van der Waals surface area (Å²) < 4.78 is 0. The second-order valence-corrected chi connectivity index (χ2v) is 8.61. The molecule has 1 aliphatic heterocycles. The van der Waals surface area contributed by atoms with Gasteiger partial charge in [0.2, 0.25) is 0 Å². The standard InChI is InChI=1S/C28H21N/c1-2-7-18(8-3-1)19-13-14-25-24(17-19)28-16-15-20(21-9-4-5-11-23(21)28)22-10-6-12-26(29-25)27(22)28/h1-14,17,20,29H,15-16H2. The summed E-state index contributed by atoms with van der Waals surface area (Å²) >= 11 is 0. The van der Waals surface area contributed by atoms with Gasteiger partial charge in [-0.05, 0) is 70.0 Å². The van der Waals surface area contributed by atoms with Crippen molar-refractivity contribution in [2.45, 2.75) is 24.2 Å². The number of nitrogens with one attached hydrogen (secondary N) is 1. The predicted octanol–water partition coefficient (Wildman–Crippen LogP) is 6.98. The molecule has 0 amide bonds. The Hall–Kier alpha value is -3.32. The van der Waals surface area contributed by atoms with E-state index >= 15 is 0 Å². The summed E-state index contributed by atoms with van der Waals surface area (Å²) in [7, 11) is 0. The third-order valence-corrected chi connectivity index (χ3v) is 7.36. The van der Waals surface area contributed by atoms with Crippen molar-refractivity contribution in [2.75, 3.05) is 5.32 Å². The third-order valence-electron chi connectivity index (χ3n) is 7.36. The van der Waals surface area contributed by atoms with Crippen LogP contribution in [0.25, 0.3) is 11.1 Å². The third kappa shape index (κ3) is 1.86. The highest BCUT2D eigenvalue weighted by atomic mass is 14.9. The SMILES string of the molecule is c1ccc(-c2ccc3c(c2)C24CCC(c5ccccc52)c2cccc(c24)N3)cc1. The highest BCUT2D eigenvalue weighted by molar-refractivity contribution is 5.85. The molecular weight excluding hydrogens is 350 g/mol. The zero-order valence-corrected chi connectivity index (χ0v) is 16.2. The molecule has 1 heterocycles. The molecule has 4 aromatic carbocycles. The molecule has 1 spiro atoms. The Morgan fingerprint density at radius 3 is 2.41 bits per heavy atom. The van der Waals surface area contributed by atoms with Gasteiger partial charge in [-0.3, -0.25) is 0 Å². The van der Waals surface area contributed by atoms with Gasteiger partial charge in [0.05, 0.1) is 0 Å². The van der Waals surface area contributed by atoms with Gasteiger partial charge in [-0.1, -0.05) is 72.8 Å². The van der Waals surface area contributed by atoms with Crippen LogP contribution in [0.2, 0.25) is 0 Å². The van der Waals surface area contributed by atoms with E-state index in [1.165, 1.54) is 63.2 Å². The number of anilines is 2. The van der Waals surface area contributed by atoms with Crippen molar-refractivity contribution in [1.82, 2.24) is 0 Å². The van der Waals surface area contributed by atoms with Crippen molar-refractivity contribution in [3.63, 3.8) is 0 Å². The molecule has 3 aliphatic carbocycles. The molecule has 138 valence electrons. The van der Waals surface area contributed by atoms with Crippen LogP contribution in [0.4, 0.5) is 11.4 Å². The highest BCUT2D eigenvalue weighted by Crippen LogP contribution is 2.64. The zero-order valence-electron chi connectivity index (χ0n) is 16.2.